The summed E-state index contributed by atoms with van der Waals surface area (Å²) in [6.45, 7) is 0. The van der Waals surface area contributed by atoms with E-state index in [4.69, 9.17) is 4.74 Å². The SMILES string of the molecule is COC(=O)C(C/C=C/c1ccc(N(C)c2nccnn2)cc1)NC(=O)c1c(F)cccc1F. The molecule has 0 aliphatic carbocycles. The van der Waals surface area contributed by atoms with Crippen molar-refractivity contribution in [3.8, 4) is 0 Å². The number of ether oxygens (including phenoxy) is 1. The largest absolute Gasteiger partial charge is 0.467 e. The molecule has 0 fully saturated rings. The smallest absolute Gasteiger partial charge is 0.328 e. The minimum absolute atomic E-state index is 0.0552. The van der Waals surface area contributed by atoms with E-state index in [1.54, 1.807) is 23.2 Å². The van der Waals surface area contributed by atoms with Crippen molar-refractivity contribution in [2.45, 2.75) is 12.5 Å². The van der Waals surface area contributed by atoms with E-state index in [9.17, 15) is 18.4 Å². The van der Waals surface area contributed by atoms with Crippen molar-refractivity contribution < 1.29 is 23.1 Å². The second kappa shape index (κ2) is 10.9. The molecule has 1 amide bonds. The molecule has 2 aromatic carbocycles. The monoisotopic (exact) mass is 453 g/mol. The highest BCUT2D eigenvalue weighted by Crippen LogP contribution is 2.20. The number of nitrogens with one attached hydrogen (secondary N) is 1. The van der Waals surface area contributed by atoms with Gasteiger partial charge >= 0.3 is 5.97 Å². The average Bonchev–Trinajstić information content (AvgIpc) is 2.83. The number of carbonyl (C=O) groups excluding carboxylic acids is 2. The van der Waals surface area contributed by atoms with E-state index in [0.717, 1.165) is 36.6 Å². The van der Waals surface area contributed by atoms with E-state index in [0.29, 0.717) is 5.95 Å². The zero-order chi connectivity index (χ0) is 23.8. The standard InChI is InChI=1S/C23H21F2N5O3/c1-30(23-26-13-14-27-29-23)16-11-9-15(10-12-16)5-3-8-19(22(32)33-2)28-21(31)20-17(24)6-4-7-18(20)25/h3-7,9-14,19H,8H2,1-2H3,(H,28,31)/b5-3+. The molecule has 3 aromatic rings. The highest BCUT2D eigenvalue weighted by Gasteiger charge is 2.24. The van der Waals surface area contributed by atoms with Gasteiger partial charge in [0.05, 0.1) is 19.5 Å². The van der Waals surface area contributed by atoms with Crippen molar-refractivity contribution in [2.75, 3.05) is 19.1 Å². The topological polar surface area (TPSA) is 97.3 Å². The summed E-state index contributed by atoms with van der Waals surface area (Å²) in [6, 6.07) is 9.37. The summed E-state index contributed by atoms with van der Waals surface area (Å²) < 4.78 is 32.4. The Bertz CT molecular complexity index is 1120. The van der Waals surface area contributed by atoms with Crippen LogP contribution in [0.1, 0.15) is 22.3 Å². The Morgan fingerprint density at radius 3 is 2.42 bits per heavy atom. The molecular weight excluding hydrogens is 432 g/mol. The lowest BCUT2D eigenvalue weighted by molar-refractivity contribution is -0.142. The highest BCUT2D eigenvalue weighted by atomic mass is 19.1. The van der Waals surface area contributed by atoms with Crippen molar-refractivity contribution >= 4 is 29.6 Å². The Kier molecular flexibility index (Phi) is 7.74. The van der Waals surface area contributed by atoms with Crippen LogP contribution in [-0.4, -0.2) is 47.3 Å². The third-order valence-electron chi connectivity index (χ3n) is 4.71. The first-order valence-corrected chi connectivity index (χ1v) is 9.87. The van der Waals surface area contributed by atoms with Crippen molar-refractivity contribution in [3.05, 3.63) is 83.7 Å². The third kappa shape index (κ3) is 5.94. The number of aromatic nitrogens is 3. The molecule has 0 bridgehead atoms. The molecule has 0 aliphatic rings. The normalized spacial score (nSPS) is 11.8. The van der Waals surface area contributed by atoms with Gasteiger partial charge < -0.3 is 15.0 Å². The second-order valence-corrected chi connectivity index (χ2v) is 6.88. The highest BCUT2D eigenvalue weighted by molar-refractivity contribution is 5.97. The van der Waals surface area contributed by atoms with E-state index in [1.807, 2.05) is 31.3 Å². The molecule has 1 atom stereocenters. The maximum atomic E-state index is 13.9. The van der Waals surface area contributed by atoms with Gasteiger partial charge in [-0.15, -0.1) is 5.10 Å². The van der Waals surface area contributed by atoms with Crippen LogP contribution in [0.4, 0.5) is 20.4 Å². The number of anilines is 2. The number of amides is 1. The number of carbonyl (C=O) groups is 2. The first kappa shape index (κ1) is 23.5. The molecule has 0 saturated carbocycles. The molecule has 10 heteroatoms. The van der Waals surface area contributed by atoms with Gasteiger partial charge in [-0.25, -0.2) is 18.6 Å². The maximum Gasteiger partial charge on any atom is 0.328 e. The summed E-state index contributed by atoms with van der Waals surface area (Å²) in [6.07, 6.45) is 6.49. The van der Waals surface area contributed by atoms with Gasteiger partial charge in [-0.1, -0.05) is 30.4 Å². The van der Waals surface area contributed by atoms with Crippen molar-refractivity contribution in [3.63, 3.8) is 0 Å². The lowest BCUT2D eigenvalue weighted by Gasteiger charge is -2.16. The van der Waals surface area contributed by atoms with E-state index in [1.165, 1.54) is 6.20 Å². The van der Waals surface area contributed by atoms with Crippen LogP contribution in [0.5, 0.6) is 0 Å². The predicted molar refractivity (Wildman–Crippen MR) is 118 cm³/mol. The van der Waals surface area contributed by atoms with Gasteiger partial charge in [0.2, 0.25) is 5.95 Å². The first-order chi connectivity index (χ1) is 15.9. The summed E-state index contributed by atoms with van der Waals surface area (Å²) in [7, 11) is 2.97. The fourth-order valence-corrected chi connectivity index (χ4v) is 2.96. The summed E-state index contributed by atoms with van der Waals surface area (Å²) in [4.78, 5) is 30.3. The molecule has 1 aromatic heterocycles. The molecule has 0 radical (unpaired) electrons. The summed E-state index contributed by atoms with van der Waals surface area (Å²) >= 11 is 0. The van der Waals surface area contributed by atoms with Crippen molar-refractivity contribution in [2.24, 2.45) is 0 Å². The van der Waals surface area contributed by atoms with Crippen LogP contribution in [0.3, 0.4) is 0 Å². The number of hydrogen-bond acceptors (Lipinski definition) is 7. The van der Waals surface area contributed by atoms with Crippen LogP contribution in [0, 0.1) is 11.6 Å². The Morgan fingerprint density at radius 1 is 1.12 bits per heavy atom. The number of benzene rings is 2. The minimum atomic E-state index is -1.12. The molecule has 8 nitrogen and oxygen atoms in total. The number of methoxy groups -OCH3 is 1. The number of rotatable bonds is 8. The van der Waals surface area contributed by atoms with Gasteiger partial charge in [-0.2, -0.15) is 5.10 Å². The number of halogens is 2. The van der Waals surface area contributed by atoms with Crippen LogP contribution in [-0.2, 0) is 9.53 Å². The molecule has 0 spiro atoms. The summed E-state index contributed by atoms with van der Waals surface area (Å²) in [5.74, 6) is -3.37. The molecule has 3 rings (SSSR count). The van der Waals surface area contributed by atoms with Crippen LogP contribution in [0.2, 0.25) is 0 Å². The van der Waals surface area contributed by atoms with E-state index in [-0.39, 0.29) is 6.42 Å². The maximum absolute atomic E-state index is 13.9. The molecule has 1 N–H and O–H groups in total. The van der Waals surface area contributed by atoms with Crippen LogP contribution < -0.4 is 10.2 Å². The van der Waals surface area contributed by atoms with Crippen LogP contribution >= 0.6 is 0 Å². The van der Waals surface area contributed by atoms with E-state index in [2.05, 4.69) is 20.5 Å². The predicted octanol–water partition coefficient (Wildman–Crippen LogP) is 3.29. The first-order valence-electron chi connectivity index (χ1n) is 9.87. The van der Waals surface area contributed by atoms with E-state index >= 15 is 0 Å². The van der Waals surface area contributed by atoms with Crippen molar-refractivity contribution in [1.29, 1.82) is 0 Å². The molecule has 170 valence electrons. The minimum Gasteiger partial charge on any atom is -0.467 e. The number of esters is 1. The molecule has 33 heavy (non-hydrogen) atoms. The zero-order valence-corrected chi connectivity index (χ0v) is 17.9. The number of hydrogen-bond donors (Lipinski definition) is 1. The van der Waals surface area contributed by atoms with Gasteiger partial charge in [0.25, 0.3) is 5.91 Å². The van der Waals surface area contributed by atoms with E-state index < -0.39 is 35.1 Å². The van der Waals surface area contributed by atoms with Gasteiger partial charge in [0.15, 0.2) is 0 Å². The van der Waals surface area contributed by atoms with Gasteiger partial charge in [0.1, 0.15) is 23.2 Å². The molecule has 0 saturated heterocycles. The lowest BCUT2D eigenvalue weighted by Crippen LogP contribution is -2.41. The lowest BCUT2D eigenvalue weighted by atomic mass is 10.1. The second-order valence-electron chi connectivity index (χ2n) is 6.88. The van der Waals surface area contributed by atoms with Crippen LogP contribution in [0.15, 0.2) is 60.9 Å². The Morgan fingerprint density at radius 2 is 1.82 bits per heavy atom. The third-order valence-corrected chi connectivity index (χ3v) is 4.71. The average molecular weight is 453 g/mol. The Labute approximate surface area is 188 Å². The summed E-state index contributed by atoms with van der Waals surface area (Å²) in [5, 5.41) is 10.1. The van der Waals surface area contributed by atoms with Gasteiger partial charge in [0, 0.05) is 12.7 Å². The zero-order valence-electron chi connectivity index (χ0n) is 17.9. The molecule has 1 unspecified atom stereocenters. The fourth-order valence-electron chi connectivity index (χ4n) is 2.96. The van der Waals surface area contributed by atoms with Crippen LogP contribution in [0.25, 0.3) is 6.08 Å². The van der Waals surface area contributed by atoms with Crippen molar-refractivity contribution in [1.82, 2.24) is 20.5 Å². The summed E-state index contributed by atoms with van der Waals surface area (Å²) in [5.41, 5.74) is 0.911. The Balaban J connectivity index is 1.66. The quantitative estimate of drug-likeness (QED) is 0.523. The van der Waals surface area contributed by atoms with Gasteiger partial charge in [-0.3, -0.25) is 4.79 Å². The Hall–Kier alpha value is -4.21. The molecular formula is C23H21F2N5O3. The molecule has 0 aliphatic heterocycles. The molecule has 1 heterocycles. The number of nitrogens with zero attached hydrogens (tertiary/aromatic N) is 4. The van der Waals surface area contributed by atoms with Gasteiger partial charge in [-0.05, 0) is 36.2 Å². The fraction of sp³-hybridized carbons (Fsp3) is 0.174.